The number of hydrogen-bond acceptors (Lipinski definition) is 3. The quantitative estimate of drug-likeness (QED) is 0.814. The average Bonchev–Trinajstić information content (AvgIpc) is 2.56. The molecule has 2 aromatic rings. The third kappa shape index (κ3) is 6.12. The van der Waals surface area contributed by atoms with Crippen molar-refractivity contribution < 1.29 is 9.53 Å². The number of nitrogens with one attached hydrogen (secondary N) is 1. The van der Waals surface area contributed by atoms with Crippen LogP contribution in [0.15, 0.2) is 54.6 Å². The summed E-state index contributed by atoms with van der Waals surface area (Å²) in [4.78, 5) is 14.1. The fraction of sp³-hybridized carbons (Fsp3) is 0.316. The molecule has 0 heterocycles. The van der Waals surface area contributed by atoms with Crippen LogP contribution in [-0.2, 0) is 11.2 Å². The van der Waals surface area contributed by atoms with Gasteiger partial charge >= 0.3 is 0 Å². The predicted molar refractivity (Wildman–Crippen MR) is 93.9 cm³/mol. The molecule has 0 aromatic heterocycles. The SMILES string of the molecule is COc1cccc(NC(=O)CN(C)CCCc2ccccc2)c1. The van der Waals surface area contributed by atoms with Crippen molar-refractivity contribution >= 4 is 11.6 Å². The molecule has 122 valence electrons. The fourth-order valence-corrected chi connectivity index (χ4v) is 2.42. The van der Waals surface area contributed by atoms with Gasteiger partial charge in [-0.05, 0) is 44.1 Å². The Morgan fingerprint density at radius 1 is 1.13 bits per heavy atom. The van der Waals surface area contributed by atoms with Crippen LogP contribution in [0.4, 0.5) is 5.69 Å². The van der Waals surface area contributed by atoms with E-state index in [2.05, 4.69) is 29.6 Å². The van der Waals surface area contributed by atoms with E-state index in [4.69, 9.17) is 4.74 Å². The van der Waals surface area contributed by atoms with Crippen molar-refractivity contribution in [3.63, 3.8) is 0 Å². The van der Waals surface area contributed by atoms with Crippen LogP contribution in [0.1, 0.15) is 12.0 Å². The van der Waals surface area contributed by atoms with Gasteiger partial charge in [0, 0.05) is 11.8 Å². The number of carbonyl (C=O) groups excluding carboxylic acids is 1. The van der Waals surface area contributed by atoms with Gasteiger partial charge in [-0.3, -0.25) is 9.69 Å². The zero-order valence-electron chi connectivity index (χ0n) is 13.8. The van der Waals surface area contributed by atoms with Crippen molar-refractivity contribution in [2.24, 2.45) is 0 Å². The fourth-order valence-electron chi connectivity index (χ4n) is 2.42. The molecule has 4 heteroatoms. The second kappa shape index (κ2) is 8.96. The second-order valence-corrected chi connectivity index (χ2v) is 5.61. The van der Waals surface area contributed by atoms with Gasteiger partial charge in [-0.1, -0.05) is 36.4 Å². The van der Waals surface area contributed by atoms with Gasteiger partial charge in [-0.15, -0.1) is 0 Å². The summed E-state index contributed by atoms with van der Waals surface area (Å²) in [5, 5.41) is 2.90. The van der Waals surface area contributed by atoms with Crippen molar-refractivity contribution in [2.75, 3.05) is 32.6 Å². The molecule has 2 aromatic carbocycles. The highest BCUT2D eigenvalue weighted by Crippen LogP contribution is 2.16. The zero-order chi connectivity index (χ0) is 16.5. The largest absolute Gasteiger partial charge is 0.497 e. The van der Waals surface area contributed by atoms with Gasteiger partial charge in [-0.2, -0.15) is 0 Å². The number of methoxy groups -OCH3 is 1. The van der Waals surface area contributed by atoms with Gasteiger partial charge in [0.15, 0.2) is 0 Å². The van der Waals surface area contributed by atoms with E-state index < -0.39 is 0 Å². The average molecular weight is 312 g/mol. The van der Waals surface area contributed by atoms with E-state index in [0.29, 0.717) is 6.54 Å². The summed E-state index contributed by atoms with van der Waals surface area (Å²) in [6, 6.07) is 17.8. The number of carbonyl (C=O) groups is 1. The smallest absolute Gasteiger partial charge is 0.238 e. The van der Waals surface area contributed by atoms with Gasteiger partial charge in [0.05, 0.1) is 13.7 Å². The molecule has 0 aliphatic heterocycles. The Labute approximate surface area is 138 Å². The van der Waals surface area contributed by atoms with E-state index in [1.165, 1.54) is 5.56 Å². The van der Waals surface area contributed by atoms with Crippen LogP contribution in [0.25, 0.3) is 0 Å². The molecular weight excluding hydrogens is 288 g/mol. The van der Waals surface area contributed by atoms with Crippen LogP contribution in [-0.4, -0.2) is 38.1 Å². The Hall–Kier alpha value is -2.33. The highest BCUT2D eigenvalue weighted by atomic mass is 16.5. The highest BCUT2D eigenvalue weighted by Gasteiger charge is 2.07. The number of hydrogen-bond donors (Lipinski definition) is 1. The van der Waals surface area contributed by atoms with E-state index in [9.17, 15) is 4.79 Å². The van der Waals surface area contributed by atoms with Gasteiger partial charge in [0.25, 0.3) is 0 Å². The topological polar surface area (TPSA) is 41.6 Å². The highest BCUT2D eigenvalue weighted by molar-refractivity contribution is 5.92. The summed E-state index contributed by atoms with van der Waals surface area (Å²) in [7, 11) is 3.58. The summed E-state index contributed by atoms with van der Waals surface area (Å²) >= 11 is 0. The lowest BCUT2D eigenvalue weighted by molar-refractivity contribution is -0.117. The normalized spacial score (nSPS) is 10.6. The number of nitrogens with zero attached hydrogens (tertiary/aromatic N) is 1. The van der Waals surface area contributed by atoms with Gasteiger partial charge in [0.1, 0.15) is 5.75 Å². The van der Waals surface area contributed by atoms with Crippen molar-refractivity contribution in [3.05, 3.63) is 60.2 Å². The van der Waals surface area contributed by atoms with E-state index in [1.54, 1.807) is 7.11 Å². The molecule has 0 saturated carbocycles. The predicted octanol–water partition coefficient (Wildman–Crippen LogP) is 3.20. The minimum Gasteiger partial charge on any atom is -0.497 e. The number of likely N-dealkylation sites (N-methyl/N-ethyl adjacent to an activating group) is 1. The van der Waals surface area contributed by atoms with Gasteiger partial charge in [-0.25, -0.2) is 0 Å². The maximum absolute atomic E-state index is 12.1. The minimum absolute atomic E-state index is 0.0135. The number of anilines is 1. The Morgan fingerprint density at radius 2 is 1.91 bits per heavy atom. The van der Waals surface area contributed by atoms with Gasteiger partial charge < -0.3 is 10.1 Å². The molecule has 0 radical (unpaired) electrons. The van der Waals surface area contributed by atoms with Crippen molar-refractivity contribution in [1.29, 1.82) is 0 Å². The third-order valence-electron chi connectivity index (χ3n) is 3.62. The van der Waals surface area contributed by atoms with Crippen LogP contribution in [0.5, 0.6) is 5.75 Å². The van der Waals surface area contributed by atoms with Crippen molar-refractivity contribution in [3.8, 4) is 5.75 Å². The monoisotopic (exact) mass is 312 g/mol. The van der Waals surface area contributed by atoms with Crippen molar-refractivity contribution in [2.45, 2.75) is 12.8 Å². The Balaban J connectivity index is 1.71. The summed E-state index contributed by atoms with van der Waals surface area (Å²) in [6.45, 7) is 1.27. The minimum atomic E-state index is -0.0135. The molecular formula is C19H24N2O2. The maximum atomic E-state index is 12.1. The van der Waals surface area contributed by atoms with Crippen LogP contribution in [0, 0.1) is 0 Å². The first-order chi connectivity index (χ1) is 11.2. The van der Waals surface area contributed by atoms with Crippen LogP contribution < -0.4 is 10.1 Å². The van der Waals surface area contributed by atoms with Crippen LogP contribution >= 0.6 is 0 Å². The summed E-state index contributed by atoms with van der Waals surface area (Å²) in [6.07, 6.45) is 2.07. The van der Waals surface area contributed by atoms with E-state index in [1.807, 2.05) is 42.3 Å². The van der Waals surface area contributed by atoms with E-state index in [0.717, 1.165) is 30.8 Å². The molecule has 0 bridgehead atoms. The first-order valence-corrected chi connectivity index (χ1v) is 7.84. The number of aryl methyl sites for hydroxylation is 1. The zero-order valence-corrected chi connectivity index (χ0v) is 13.8. The lowest BCUT2D eigenvalue weighted by Crippen LogP contribution is -2.31. The Bertz CT molecular complexity index is 614. The summed E-state index contributed by atoms with van der Waals surface area (Å²) in [5.74, 6) is 0.722. The van der Waals surface area contributed by atoms with Gasteiger partial charge in [0.2, 0.25) is 5.91 Å². The number of benzene rings is 2. The van der Waals surface area contributed by atoms with E-state index >= 15 is 0 Å². The Kier molecular flexibility index (Phi) is 6.63. The standard InChI is InChI=1S/C19H24N2O2/c1-21(13-7-10-16-8-4-3-5-9-16)15-19(22)20-17-11-6-12-18(14-17)23-2/h3-6,8-9,11-12,14H,7,10,13,15H2,1-2H3,(H,20,22). The molecule has 0 atom stereocenters. The molecule has 1 amide bonds. The molecule has 4 nitrogen and oxygen atoms in total. The molecule has 23 heavy (non-hydrogen) atoms. The first-order valence-electron chi connectivity index (χ1n) is 7.84. The summed E-state index contributed by atoms with van der Waals surface area (Å²) < 4.78 is 5.15. The molecule has 0 fully saturated rings. The molecule has 1 N–H and O–H groups in total. The van der Waals surface area contributed by atoms with Crippen molar-refractivity contribution in [1.82, 2.24) is 4.90 Å². The number of rotatable bonds is 8. The first kappa shape index (κ1) is 17.0. The second-order valence-electron chi connectivity index (χ2n) is 5.61. The Morgan fingerprint density at radius 3 is 2.65 bits per heavy atom. The van der Waals surface area contributed by atoms with Crippen LogP contribution in [0.2, 0.25) is 0 Å². The molecule has 0 aliphatic carbocycles. The maximum Gasteiger partial charge on any atom is 0.238 e. The molecule has 0 saturated heterocycles. The number of amides is 1. The van der Waals surface area contributed by atoms with E-state index in [-0.39, 0.29) is 5.91 Å². The lowest BCUT2D eigenvalue weighted by atomic mass is 10.1. The molecule has 2 rings (SSSR count). The van der Waals surface area contributed by atoms with Crippen LogP contribution in [0.3, 0.4) is 0 Å². The molecule has 0 spiro atoms. The molecule has 0 aliphatic rings. The summed E-state index contributed by atoms with van der Waals surface area (Å²) in [5.41, 5.74) is 2.09. The lowest BCUT2D eigenvalue weighted by Gasteiger charge is -2.16. The molecule has 0 unspecified atom stereocenters. The number of ether oxygens (including phenoxy) is 1. The third-order valence-corrected chi connectivity index (χ3v) is 3.62.